The lowest BCUT2D eigenvalue weighted by molar-refractivity contribution is -0.135. The molecule has 0 fully saturated rings. The first kappa shape index (κ1) is 7.95. The number of carbonyl (C=O) groups excluding carboxylic acids is 1. The normalized spacial score (nSPS) is 9.44. The first-order valence-corrected chi connectivity index (χ1v) is 2.70. The van der Waals surface area contributed by atoms with Crippen LogP contribution >= 0.6 is 0 Å². The molecule has 0 N–H and O–H groups in total. The molecule has 50 valence electrons. The number of rotatable bonds is 3. The summed E-state index contributed by atoms with van der Waals surface area (Å²) in [6.07, 6.45) is 5.53. The molecule has 0 aromatic heterocycles. The predicted molar refractivity (Wildman–Crippen MR) is 35.7 cm³/mol. The van der Waals surface area contributed by atoms with Gasteiger partial charge in [-0.2, -0.15) is 0 Å². The summed E-state index contributed by atoms with van der Waals surface area (Å²) < 4.78 is 4.48. The summed E-state index contributed by atoms with van der Waals surface area (Å²) in [7, 11) is 0. The van der Waals surface area contributed by atoms with Crippen molar-refractivity contribution in [2.45, 2.75) is 13.3 Å². The van der Waals surface area contributed by atoms with Gasteiger partial charge in [-0.05, 0) is 12.5 Å². The third-order valence-corrected chi connectivity index (χ3v) is 0.633. The molecule has 0 rings (SSSR count). The summed E-state index contributed by atoms with van der Waals surface area (Å²) in [5, 5.41) is 0. The van der Waals surface area contributed by atoms with Crippen LogP contribution in [0, 0.1) is 0 Å². The second-order valence-electron chi connectivity index (χ2n) is 1.51. The molecular weight excluding hydrogens is 116 g/mol. The van der Waals surface area contributed by atoms with Gasteiger partial charge < -0.3 is 4.74 Å². The highest BCUT2D eigenvalue weighted by Gasteiger charge is 1.81. The standard InChI is InChI=1S/C7H10O2/c1-3-4-5-6-9-7(2)8/h3,5-6H,1,4H2,2H3/b6-5+. The quantitative estimate of drug-likeness (QED) is 0.326. The molecular formula is C7H10O2. The Kier molecular flexibility index (Phi) is 4.50. The second-order valence-corrected chi connectivity index (χ2v) is 1.51. The van der Waals surface area contributed by atoms with Crippen LogP contribution in [0.15, 0.2) is 25.0 Å². The Hall–Kier alpha value is -1.05. The first-order chi connectivity index (χ1) is 4.27. The Morgan fingerprint density at radius 3 is 2.89 bits per heavy atom. The van der Waals surface area contributed by atoms with Crippen molar-refractivity contribution in [3.8, 4) is 0 Å². The van der Waals surface area contributed by atoms with E-state index >= 15 is 0 Å². The fourth-order valence-corrected chi connectivity index (χ4v) is 0.296. The van der Waals surface area contributed by atoms with Gasteiger partial charge in [0.2, 0.25) is 0 Å². The molecule has 2 nitrogen and oxygen atoms in total. The molecule has 0 aromatic carbocycles. The molecule has 0 aliphatic carbocycles. The number of ether oxygens (including phenoxy) is 1. The smallest absolute Gasteiger partial charge is 0.307 e. The van der Waals surface area contributed by atoms with Crippen LogP contribution in [0.1, 0.15) is 13.3 Å². The van der Waals surface area contributed by atoms with E-state index in [2.05, 4.69) is 11.3 Å². The Morgan fingerprint density at radius 1 is 1.78 bits per heavy atom. The van der Waals surface area contributed by atoms with E-state index in [9.17, 15) is 4.79 Å². The molecule has 0 saturated heterocycles. The minimum Gasteiger partial charge on any atom is -0.435 e. The summed E-state index contributed by atoms with van der Waals surface area (Å²) in [4.78, 5) is 10.1. The largest absolute Gasteiger partial charge is 0.435 e. The monoisotopic (exact) mass is 126 g/mol. The zero-order valence-electron chi connectivity index (χ0n) is 5.46. The number of esters is 1. The van der Waals surface area contributed by atoms with Gasteiger partial charge in [-0.3, -0.25) is 4.79 Å². The highest BCUT2D eigenvalue weighted by molar-refractivity contribution is 5.66. The van der Waals surface area contributed by atoms with E-state index in [1.807, 2.05) is 0 Å². The maximum atomic E-state index is 10.1. The lowest BCUT2D eigenvalue weighted by atomic mass is 10.4. The maximum Gasteiger partial charge on any atom is 0.307 e. The highest BCUT2D eigenvalue weighted by Crippen LogP contribution is 1.84. The molecule has 0 amide bonds. The van der Waals surface area contributed by atoms with Crippen molar-refractivity contribution in [1.82, 2.24) is 0 Å². The molecule has 0 aliphatic heterocycles. The minimum atomic E-state index is -0.296. The predicted octanol–water partition coefficient (Wildman–Crippen LogP) is 1.64. The molecule has 0 bridgehead atoms. The second kappa shape index (κ2) is 5.09. The number of hydrogen-bond acceptors (Lipinski definition) is 2. The van der Waals surface area contributed by atoms with E-state index < -0.39 is 0 Å². The molecule has 0 atom stereocenters. The Labute approximate surface area is 54.8 Å². The van der Waals surface area contributed by atoms with Crippen LogP contribution in [0.2, 0.25) is 0 Å². The van der Waals surface area contributed by atoms with Gasteiger partial charge in [0, 0.05) is 6.92 Å². The molecule has 0 saturated carbocycles. The average Bonchev–Trinajstić information content (AvgIpc) is 1.80. The fourth-order valence-electron chi connectivity index (χ4n) is 0.296. The van der Waals surface area contributed by atoms with Gasteiger partial charge in [-0.25, -0.2) is 0 Å². The lowest BCUT2D eigenvalue weighted by Crippen LogP contribution is -1.88. The summed E-state index contributed by atoms with van der Waals surface area (Å²) in [6, 6.07) is 0. The van der Waals surface area contributed by atoms with E-state index in [4.69, 9.17) is 0 Å². The molecule has 2 heteroatoms. The molecule has 0 aromatic rings. The van der Waals surface area contributed by atoms with Crippen molar-refractivity contribution >= 4 is 5.97 Å². The van der Waals surface area contributed by atoms with Crippen molar-refractivity contribution in [3.05, 3.63) is 25.0 Å². The van der Waals surface area contributed by atoms with Crippen molar-refractivity contribution in [3.63, 3.8) is 0 Å². The van der Waals surface area contributed by atoms with Crippen LogP contribution in [0.3, 0.4) is 0 Å². The lowest BCUT2D eigenvalue weighted by Gasteiger charge is -1.87. The number of allylic oxidation sites excluding steroid dienone is 2. The van der Waals surface area contributed by atoms with Crippen LogP contribution < -0.4 is 0 Å². The number of hydrogen-bond donors (Lipinski definition) is 0. The third kappa shape index (κ3) is 6.95. The van der Waals surface area contributed by atoms with E-state index in [1.165, 1.54) is 13.2 Å². The summed E-state index contributed by atoms with van der Waals surface area (Å²) in [5.41, 5.74) is 0. The first-order valence-electron chi connectivity index (χ1n) is 2.70. The molecule has 0 heterocycles. The van der Waals surface area contributed by atoms with Crippen LogP contribution in [-0.4, -0.2) is 5.97 Å². The van der Waals surface area contributed by atoms with Crippen LogP contribution in [0.5, 0.6) is 0 Å². The van der Waals surface area contributed by atoms with E-state index in [0.717, 1.165) is 6.42 Å². The zero-order valence-corrected chi connectivity index (χ0v) is 5.46. The Balaban J connectivity index is 3.24. The summed E-state index contributed by atoms with van der Waals surface area (Å²) in [5.74, 6) is -0.296. The van der Waals surface area contributed by atoms with Crippen LogP contribution in [0.25, 0.3) is 0 Å². The van der Waals surface area contributed by atoms with Crippen molar-refractivity contribution in [2.24, 2.45) is 0 Å². The van der Waals surface area contributed by atoms with Gasteiger partial charge in [0.05, 0.1) is 6.26 Å². The Morgan fingerprint density at radius 2 is 2.44 bits per heavy atom. The van der Waals surface area contributed by atoms with Gasteiger partial charge in [0.15, 0.2) is 0 Å². The SMILES string of the molecule is C=CC/C=C/OC(C)=O. The molecule has 0 aliphatic rings. The molecule has 0 spiro atoms. The average molecular weight is 126 g/mol. The van der Waals surface area contributed by atoms with Gasteiger partial charge in [-0.1, -0.05) is 6.08 Å². The van der Waals surface area contributed by atoms with E-state index in [0.29, 0.717) is 0 Å². The van der Waals surface area contributed by atoms with Crippen molar-refractivity contribution < 1.29 is 9.53 Å². The van der Waals surface area contributed by atoms with Crippen molar-refractivity contribution in [1.29, 1.82) is 0 Å². The minimum absolute atomic E-state index is 0.296. The van der Waals surface area contributed by atoms with Gasteiger partial charge in [-0.15, -0.1) is 6.58 Å². The van der Waals surface area contributed by atoms with Gasteiger partial charge in [0.1, 0.15) is 0 Å². The third-order valence-electron chi connectivity index (χ3n) is 0.633. The highest BCUT2D eigenvalue weighted by atomic mass is 16.5. The fraction of sp³-hybridized carbons (Fsp3) is 0.286. The van der Waals surface area contributed by atoms with E-state index in [-0.39, 0.29) is 5.97 Å². The van der Waals surface area contributed by atoms with Gasteiger partial charge in [0.25, 0.3) is 0 Å². The topological polar surface area (TPSA) is 26.3 Å². The molecule has 0 unspecified atom stereocenters. The molecule has 0 radical (unpaired) electrons. The summed E-state index contributed by atoms with van der Waals surface area (Å²) >= 11 is 0. The zero-order chi connectivity index (χ0) is 7.11. The molecule has 9 heavy (non-hydrogen) atoms. The van der Waals surface area contributed by atoms with Crippen LogP contribution in [0.4, 0.5) is 0 Å². The Bertz CT molecular complexity index is 125. The van der Waals surface area contributed by atoms with E-state index in [1.54, 1.807) is 12.2 Å². The van der Waals surface area contributed by atoms with Crippen LogP contribution in [-0.2, 0) is 9.53 Å². The van der Waals surface area contributed by atoms with Crippen molar-refractivity contribution in [2.75, 3.05) is 0 Å². The maximum absolute atomic E-state index is 10.1. The van der Waals surface area contributed by atoms with Gasteiger partial charge >= 0.3 is 5.97 Å². The summed E-state index contributed by atoms with van der Waals surface area (Å²) in [6.45, 7) is 4.84. The number of carbonyl (C=O) groups is 1.